The van der Waals surface area contributed by atoms with Crippen molar-refractivity contribution in [1.82, 2.24) is 19.9 Å². The van der Waals surface area contributed by atoms with Crippen LogP contribution in [0.2, 0.25) is 5.02 Å². The van der Waals surface area contributed by atoms with Crippen LogP contribution < -0.4 is 4.74 Å². The zero-order valence-corrected chi connectivity index (χ0v) is 14.6. The van der Waals surface area contributed by atoms with Gasteiger partial charge >= 0.3 is 0 Å². The van der Waals surface area contributed by atoms with Crippen molar-refractivity contribution in [2.24, 2.45) is 0 Å². The average molecular weight is 363 g/mol. The molecule has 128 valence electrons. The average Bonchev–Trinajstić information content (AvgIpc) is 3.11. The highest BCUT2D eigenvalue weighted by Crippen LogP contribution is 2.33. The van der Waals surface area contributed by atoms with Crippen molar-refractivity contribution in [3.63, 3.8) is 0 Å². The van der Waals surface area contributed by atoms with Gasteiger partial charge in [0.05, 0.1) is 18.0 Å². The maximum atomic E-state index is 6.12. The molecule has 0 amide bonds. The number of nitrogens with zero attached hydrogens (tertiary/aromatic N) is 3. The van der Waals surface area contributed by atoms with E-state index in [0.29, 0.717) is 6.61 Å². The third-order valence-corrected chi connectivity index (χ3v) is 4.92. The molecule has 0 bridgehead atoms. The largest absolute Gasteiger partial charge is 0.493 e. The van der Waals surface area contributed by atoms with Gasteiger partial charge in [0.2, 0.25) is 0 Å². The fourth-order valence-corrected chi connectivity index (χ4v) is 3.55. The second-order valence-electron chi connectivity index (χ2n) is 6.42. The third kappa shape index (κ3) is 2.70. The Hall–Kier alpha value is -2.92. The van der Waals surface area contributed by atoms with Gasteiger partial charge in [-0.15, -0.1) is 0 Å². The summed E-state index contributed by atoms with van der Waals surface area (Å²) in [5, 5.41) is 0.723. The Balaban J connectivity index is 1.48. The molecule has 1 aromatic carbocycles. The fraction of sp³-hybridized carbons (Fsp3) is 0.150. The molecule has 0 saturated carbocycles. The molecule has 1 atom stereocenters. The first-order valence-electron chi connectivity index (χ1n) is 8.43. The van der Waals surface area contributed by atoms with Crippen LogP contribution in [-0.4, -0.2) is 26.5 Å². The normalized spacial score (nSPS) is 16.3. The van der Waals surface area contributed by atoms with Gasteiger partial charge in [-0.1, -0.05) is 11.6 Å². The van der Waals surface area contributed by atoms with Crippen molar-refractivity contribution in [1.29, 1.82) is 0 Å². The molecule has 1 unspecified atom stereocenters. The summed E-state index contributed by atoms with van der Waals surface area (Å²) in [6.07, 6.45) is 6.24. The van der Waals surface area contributed by atoms with Gasteiger partial charge in [0.15, 0.2) is 5.65 Å². The number of nitrogens with one attached hydrogen (secondary N) is 1. The van der Waals surface area contributed by atoms with E-state index >= 15 is 0 Å². The van der Waals surface area contributed by atoms with E-state index < -0.39 is 0 Å². The number of benzene rings is 1. The highest BCUT2D eigenvalue weighted by atomic mass is 35.5. The quantitative estimate of drug-likeness (QED) is 0.574. The van der Waals surface area contributed by atoms with Crippen molar-refractivity contribution in [3.05, 3.63) is 71.4 Å². The molecular formula is C20H15ClN4O. The SMILES string of the molecule is Clc1ccc2c(c1)CC(c1nc3ncc(-c4ccncc4)cc3[nH]1)CO2. The van der Waals surface area contributed by atoms with Crippen LogP contribution in [0.1, 0.15) is 17.3 Å². The number of imidazole rings is 1. The number of ether oxygens (including phenoxy) is 1. The number of halogens is 1. The molecule has 1 N–H and O–H groups in total. The molecule has 4 heterocycles. The van der Waals surface area contributed by atoms with Crippen LogP contribution in [0.15, 0.2) is 55.0 Å². The fourth-order valence-electron chi connectivity index (χ4n) is 3.35. The molecule has 0 spiro atoms. The number of fused-ring (bicyclic) bond motifs is 2. The number of aromatic nitrogens is 4. The molecule has 26 heavy (non-hydrogen) atoms. The summed E-state index contributed by atoms with van der Waals surface area (Å²) in [7, 11) is 0. The van der Waals surface area contributed by atoms with Crippen molar-refractivity contribution < 1.29 is 4.74 Å². The van der Waals surface area contributed by atoms with Crippen molar-refractivity contribution in [2.45, 2.75) is 12.3 Å². The zero-order valence-electron chi connectivity index (χ0n) is 13.8. The molecule has 6 heteroatoms. The van der Waals surface area contributed by atoms with Gasteiger partial charge in [0.25, 0.3) is 0 Å². The van der Waals surface area contributed by atoms with E-state index in [2.05, 4.69) is 26.0 Å². The third-order valence-electron chi connectivity index (χ3n) is 4.68. The second-order valence-corrected chi connectivity index (χ2v) is 6.85. The lowest BCUT2D eigenvalue weighted by Crippen LogP contribution is -2.20. The van der Waals surface area contributed by atoms with Crippen LogP contribution in [0.3, 0.4) is 0 Å². The predicted octanol–water partition coefficient (Wildman–Crippen LogP) is 4.39. The topological polar surface area (TPSA) is 63.7 Å². The molecule has 3 aromatic heterocycles. The predicted molar refractivity (Wildman–Crippen MR) is 101 cm³/mol. The van der Waals surface area contributed by atoms with E-state index in [1.165, 1.54) is 0 Å². The summed E-state index contributed by atoms with van der Waals surface area (Å²) >= 11 is 6.12. The lowest BCUT2D eigenvalue weighted by atomic mass is 9.96. The van der Waals surface area contributed by atoms with Gasteiger partial charge in [-0.3, -0.25) is 4.98 Å². The summed E-state index contributed by atoms with van der Waals surface area (Å²) in [5.74, 6) is 1.95. The first-order valence-corrected chi connectivity index (χ1v) is 8.81. The molecule has 0 fully saturated rings. The van der Waals surface area contributed by atoms with Crippen molar-refractivity contribution >= 4 is 22.8 Å². The Labute approximate surface area is 155 Å². The minimum atomic E-state index is 0.152. The maximum absolute atomic E-state index is 6.12. The van der Waals surface area contributed by atoms with Crippen LogP contribution in [0, 0.1) is 0 Å². The number of hydrogen-bond acceptors (Lipinski definition) is 4. The van der Waals surface area contributed by atoms with Crippen molar-refractivity contribution in [2.75, 3.05) is 6.61 Å². The van der Waals surface area contributed by atoms with E-state index in [1.807, 2.05) is 36.5 Å². The Morgan fingerprint density at radius 3 is 2.85 bits per heavy atom. The smallest absolute Gasteiger partial charge is 0.177 e. The van der Waals surface area contributed by atoms with Gasteiger partial charge in [0, 0.05) is 29.2 Å². The molecule has 1 aliphatic heterocycles. The second kappa shape index (κ2) is 6.11. The minimum absolute atomic E-state index is 0.152. The van der Waals surface area contributed by atoms with Gasteiger partial charge in [-0.05, 0) is 53.9 Å². The maximum Gasteiger partial charge on any atom is 0.177 e. The van der Waals surface area contributed by atoms with E-state index in [4.69, 9.17) is 16.3 Å². The standard InChI is InChI=1S/C20H15ClN4O/c21-16-1-2-18-13(8-16)7-15(11-26-18)19-24-17-9-14(10-23-20(17)25-19)12-3-5-22-6-4-12/h1-6,8-10,15H,7,11H2,(H,23,24,25). The molecule has 0 radical (unpaired) electrons. The Morgan fingerprint density at radius 2 is 1.96 bits per heavy atom. The molecule has 5 nitrogen and oxygen atoms in total. The van der Waals surface area contributed by atoms with Gasteiger partial charge < -0.3 is 9.72 Å². The van der Waals surface area contributed by atoms with Crippen LogP contribution in [-0.2, 0) is 6.42 Å². The first-order chi connectivity index (χ1) is 12.8. The summed E-state index contributed by atoms with van der Waals surface area (Å²) in [4.78, 5) is 16.7. The molecule has 0 aliphatic carbocycles. The summed E-state index contributed by atoms with van der Waals surface area (Å²) < 4.78 is 5.89. The molecule has 5 rings (SSSR count). The Kier molecular flexibility index (Phi) is 3.60. The van der Waals surface area contributed by atoms with E-state index in [0.717, 1.165) is 50.9 Å². The van der Waals surface area contributed by atoms with Crippen LogP contribution >= 0.6 is 11.6 Å². The van der Waals surface area contributed by atoms with Crippen LogP contribution in [0.25, 0.3) is 22.3 Å². The Morgan fingerprint density at radius 1 is 1.08 bits per heavy atom. The van der Waals surface area contributed by atoms with E-state index in [-0.39, 0.29) is 5.92 Å². The molecule has 4 aromatic rings. The number of H-pyrrole nitrogens is 1. The lowest BCUT2D eigenvalue weighted by Gasteiger charge is -2.24. The number of hydrogen-bond donors (Lipinski definition) is 1. The molecular weight excluding hydrogens is 348 g/mol. The zero-order chi connectivity index (χ0) is 17.5. The van der Waals surface area contributed by atoms with Crippen LogP contribution in [0.5, 0.6) is 5.75 Å². The summed E-state index contributed by atoms with van der Waals surface area (Å²) in [6.45, 7) is 0.589. The monoisotopic (exact) mass is 362 g/mol. The van der Waals surface area contributed by atoms with Gasteiger partial charge in [0.1, 0.15) is 11.6 Å². The van der Waals surface area contributed by atoms with E-state index in [9.17, 15) is 0 Å². The minimum Gasteiger partial charge on any atom is -0.493 e. The first kappa shape index (κ1) is 15.3. The van der Waals surface area contributed by atoms with E-state index in [1.54, 1.807) is 12.4 Å². The van der Waals surface area contributed by atoms with Crippen molar-refractivity contribution in [3.8, 4) is 16.9 Å². The van der Waals surface area contributed by atoms with Gasteiger partial charge in [-0.2, -0.15) is 0 Å². The Bertz CT molecular complexity index is 1090. The molecule has 0 saturated heterocycles. The summed E-state index contributed by atoms with van der Waals surface area (Å²) in [5.41, 5.74) is 4.86. The summed E-state index contributed by atoms with van der Waals surface area (Å²) in [6, 6.07) is 11.8. The highest BCUT2D eigenvalue weighted by molar-refractivity contribution is 6.30. The van der Waals surface area contributed by atoms with Crippen LogP contribution in [0.4, 0.5) is 0 Å². The number of pyridine rings is 2. The highest BCUT2D eigenvalue weighted by Gasteiger charge is 2.24. The number of aromatic amines is 1. The molecule has 1 aliphatic rings. The number of rotatable bonds is 2. The lowest BCUT2D eigenvalue weighted by molar-refractivity contribution is 0.258. The van der Waals surface area contributed by atoms with Gasteiger partial charge in [-0.25, -0.2) is 9.97 Å².